The Morgan fingerprint density at radius 3 is 2.39 bits per heavy atom. The molecule has 0 fully saturated rings. The molecule has 0 aliphatic carbocycles. The van der Waals surface area contributed by atoms with E-state index in [2.05, 4.69) is 10.1 Å². The molecule has 0 saturated heterocycles. The van der Waals surface area contributed by atoms with Crippen molar-refractivity contribution in [1.82, 2.24) is 4.90 Å². The van der Waals surface area contributed by atoms with E-state index in [-0.39, 0.29) is 5.69 Å². The van der Waals surface area contributed by atoms with Gasteiger partial charge in [-0.3, -0.25) is 0 Å². The van der Waals surface area contributed by atoms with E-state index < -0.39 is 18.1 Å². The molecule has 0 aliphatic heterocycles. The van der Waals surface area contributed by atoms with E-state index in [1.54, 1.807) is 12.0 Å². The number of unbranched alkanes of at least 4 members (excludes halogenated alkanes) is 1. The van der Waals surface area contributed by atoms with E-state index in [4.69, 9.17) is 4.74 Å². The number of nitrogens with one attached hydrogen (secondary N) is 1. The fourth-order valence-electron chi connectivity index (χ4n) is 2.58. The Kier molecular flexibility index (Phi) is 8.13. The SMILES string of the molecule is COCCCCN(Cc1ccccc1)C(=O)Nc1ccccc1OC(F)(F)F. The second-order valence-electron chi connectivity index (χ2n) is 6.08. The molecule has 0 saturated carbocycles. The van der Waals surface area contributed by atoms with Gasteiger partial charge in [-0.2, -0.15) is 0 Å². The van der Waals surface area contributed by atoms with Gasteiger partial charge in [0.1, 0.15) is 0 Å². The molecule has 2 aromatic rings. The molecule has 0 spiro atoms. The van der Waals surface area contributed by atoms with Crippen molar-refractivity contribution in [3.05, 3.63) is 60.2 Å². The predicted molar refractivity (Wildman–Crippen MR) is 100 cm³/mol. The number of benzene rings is 2. The van der Waals surface area contributed by atoms with Gasteiger partial charge in [0.2, 0.25) is 0 Å². The number of halogens is 3. The van der Waals surface area contributed by atoms with Gasteiger partial charge in [0.15, 0.2) is 5.75 Å². The van der Waals surface area contributed by atoms with Gasteiger partial charge < -0.3 is 19.7 Å². The number of urea groups is 1. The molecule has 8 heteroatoms. The molecule has 0 heterocycles. The summed E-state index contributed by atoms with van der Waals surface area (Å²) in [5.41, 5.74) is 0.879. The van der Waals surface area contributed by atoms with Gasteiger partial charge in [0.25, 0.3) is 0 Å². The van der Waals surface area contributed by atoms with Crippen LogP contribution in [0.15, 0.2) is 54.6 Å². The molecule has 2 aromatic carbocycles. The number of alkyl halides is 3. The first-order chi connectivity index (χ1) is 13.4. The number of carbonyl (C=O) groups excluding carboxylic acids is 1. The lowest BCUT2D eigenvalue weighted by Gasteiger charge is -2.24. The predicted octanol–water partition coefficient (Wildman–Crippen LogP) is 5.05. The Hall–Kier alpha value is -2.74. The van der Waals surface area contributed by atoms with Crippen molar-refractivity contribution in [2.24, 2.45) is 0 Å². The molecule has 0 atom stereocenters. The fraction of sp³-hybridized carbons (Fsp3) is 0.350. The molecule has 28 heavy (non-hydrogen) atoms. The number of amides is 2. The minimum Gasteiger partial charge on any atom is -0.404 e. The molecule has 2 amide bonds. The van der Waals surface area contributed by atoms with E-state index in [0.717, 1.165) is 18.1 Å². The molecule has 2 rings (SSSR count). The third-order valence-electron chi connectivity index (χ3n) is 3.88. The number of hydrogen-bond acceptors (Lipinski definition) is 3. The van der Waals surface area contributed by atoms with Crippen molar-refractivity contribution in [2.75, 3.05) is 25.6 Å². The monoisotopic (exact) mass is 396 g/mol. The minimum atomic E-state index is -4.84. The summed E-state index contributed by atoms with van der Waals surface area (Å²) in [4.78, 5) is 14.3. The summed E-state index contributed by atoms with van der Waals surface area (Å²) in [7, 11) is 1.60. The number of carbonyl (C=O) groups is 1. The lowest BCUT2D eigenvalue weighted by molar-refractivity contribution is -0.274. The fourth-order valence-corrected chi connectivity index (χ4v) is 2.58. The van der Waals surface area contributed by atoms with Crippen LogP contribution in [0.4, 0.5) is 23.7 Å². The van der Waals surface area contributed by atoms with Crippen LogP contribution in [0.1, 0.15) is 18.4 Å². The largest absolute Gasteiger partial charge is 0.573 e. The summed E-state index contributed by atoms with van der Waals surface area (Å²) in [5.74, 6) is -0.456. The van der Waals surface area contributed by atoms with E-state index in [9.17, 15) is 18.0 Å². The number of anilines is 1. The highest BCUT2D eigenvalue weighted by Crippen LogP contribution is 2.30. The minimum absolute atomic E-state index is 0.0419. The summed E-state index contributed by atoms with van der Waals surface area (Å²) in [6.45, 7) is 1.34. The Morgan fingerprint density at radius 1 is 1.04 bits per heavy atom. The van der Waals surface area contributed by atoms with Gasteiger partial charge in [-0.25, -0.2) is 4.79 Å². The average Bonchev–Trinajstić information content (AvgIpc) is 2.65. The zero-order chi connectivity index (χ0) is 20.4. The zero-order valence-corrected chi connectivity index (χ0v) is 15.5. The summed E-state index contributed by atoms with van der Waals surface area (Å²) in [6, 6.07) is 14.3. The summed E-state index contributed by atoms with van der Waals surface area (Å²) >= 11 is 0. The number of ether oxygens (including phenoxy) is 2. The summed E-state index contributed by atoms with van der Waals surface area (Å²) < 4.78 is 46.8. The third kappa shape index (κ3) is 7.48. The smallest absolute Gasteiger partial charge is 0.404 e. The van der Waals surface area contributed by atoms with Crippen LogP contribution in [-0.4, -0.2) is 37.6 Å². The Bertz CT molecular complexity index is 739. The molecule has 0 unspecified atom stereocenters. The van der Waals surface area contributed by atoms with E-state index in [1.165, 1.54) is 18.2 Å². The third-order valence-corrected chi connectivity index (χ3v) is 3.88. The van der Waals surface area contributed by atoms with Crippen LogP contribution in [0.3, 0.4) is 0 Å². The normalized spacial score (nSPS) is 11.1. The van der Waals surface area contributed by atoms with Gasteiger partial charge >= 0.3 is 12.4 Å². The molecule has 0 aliphatic rings. The van der Waals surface area contributed by atoms with Gasteiger partial charge in [-0.05, 0) is 30.5 Å². The van der Waals surface area contributed by atoms with Crippen molar-refractivity contribution in [3.8, 4) is 5.75 Å². The second-order valence-corrected chi connectivity index (χ2v) is 6.08. The van der Waals surface area contributed by atoms with Crippen LogP contribution in [0, 0.1) is 0 Å². The van der Waals surface area contributed by atoms with Crippen molar-refractivity contribution < 1.29 is 27.4 Å². The zero-order valence-electron chi connectivity index (χ0n) is 15.5. The van der Waals surface area contributed by atoms with Crippen LogP contribution in [0.25, 0.3) is 0 Å². The summed E-state index contributed by atoms with van der Waals surface area (Å²) in [6.07, 6.45) is -3.37. The van der Waals surface area contributed by atoms with Crippen LogP contribution in [0.5, 0.6) is 5.75 Å². The summed E-state index contributed by atoms with van der Waals surface area (Å²) in [5, 5.41) is 2.53. The van der Waals surface area contributed by atoms with Crippen LogP contribution in [-0.2, 0) is 11.3 Å². The molecule has 1 N–H and O–H groups in total. The topological polar surface area (TPSA) is 50.8 Å². The van der Waals surface area contributed by atoms with E-state index in [0.29, 0.717) is 26.1 Å². The molecule has 0 aromatic heterocycles. The highest BCUT2D eigenvalue weighted by Gasteiger charge is 2.32. The Morgan fingerprint density at radius 2 is 1.71 bits per heavy atom. The quantitative estimate of drug-likeness (QED) is 0.604. The van der Waals surface area contributed by atoms with Crippen molar-refractivity contribution in [2.45, 2.75) is 25.7 Å². The molecule has 0 radical (unpaired) electrons. The Labute approximate surface area is 162 Å². The van der Waals surface area contributed by atoms with E-state index in [1.807, 2.05) is 30.3 Å². The lowest BCUT2D eigenvalue weighted by Crippen LogP contribution is -2.35. The maximum atomic E-state index is 12.7. The van der Waals surface area contributed by atoms with Gasteiger partial charge in [-0.15, -0.1) is 13.2 Å². The van der Waals surface area contributed by atoms with Gasteiger partial charge in [-0.1, -0.05) is 42.5 Å². The van der Waals surface area contributed by atoms with Crippen LogP contribution < -0.4 is 10.1 Å². The van der Waals surface area contributed by atoms with Crippen molar-refractivity contribution in [1.29, 1.82) is 0 Å². The van der Waals surface area contributed by atoms with Gasteiger partial charge in [0, 0.05) is 26.8 Å². The lowest BCUT2D eigenvalue weighted by atomic mass is 10.2. The first-order valence-electron chi connectivity index (χ1n) is 8.82. The number of methoxy groups -OCH3 is 1. The Balaban J connectivity index is 2.11. The highest BCUT2D eigenvalue weighted by atomic mass is 19.4. The highest BCUT2D eigenvalue weighted by molar-refractivity contribution is 5.91. The number of rotatable bonds is 9. The first kappa shape index (κ1) is 21.6. The molecule has 5 nitrogen and oxygen atoms in total. The molecular formula is C20H23F3N2O3. The molecular weight excluding hydrogens is 373 g/mol. The maximum absolute atomic E-state index is 12.7. The van der Waals surface area contributed by atoms with E-state index >= 15 is 0 Å². The standard InChI is InChI=1S/C20H23F3N2O3/c1-27-14-8-7-13-25(15-16-9-3-2-4-10-16)19(26)24-17-11-5-6-12-18(17)28-20(21,22)23/h2-6,9-12H,7-8,13-15H2,1H3,(H,24,26). The maximum Gasteiger partial charge on any atom is 0.573 e. The van der Waals surface area contributed by atoms with Crippen molar-refractivity contribution in [3.63, 3.8) is 0 Å². The molecule has 152 valence electrons. The van der Waals surface area contributed by atoms with Crippen molar-refractivity contribution >= 4 is 11.7 Å². The number of nitrogens with zero attached hydrogens (tertiary/aromatic N) is 1. The second kappa shape index (κ2) is 10.6. The number of hydrogen-bond donors (Lipinski definition) is 1. The van der Waals surface area contributed by atoms with Crippen LogP contribution in [0.2, 0.25) is 0 Å². The van der Waals surface area contributed by atoms with Crippen LogP contribution >= 0.6 is 0 Å². The average molecular weight is 396 g/mol. The first-order valence-corrected chi connectivity index (χ1v) is 8.82. The molecule has 0 bridgehead atoms. The van der Waals surface area contributed by atoms with Gasteiger partial charge in [0.05, 0.1) is 5.69 Å². The number of para-hydroxylation sites is 2.